The zero-order valence-corrected chi connectivity index (χ0v) is 13.8. The second-order valence-corrected chi connectivity index (χ2v) is 6.20. The van der Waals surface area contributed by atoms with Gasteiger partial charge in [0.1, 0.15) is 5.82 Å². The summed E-state index contributed by atoms with van der Waals surface area (Å²) in [6.45, 7) is 4.86. The normalized spacial score (nSPS) is 18.5. The molecule has 1 aliphatic heterocycles. The molecule has 0 aliphatic carbocycles. The van der Waals surface area contributed by atoms with Crippen molar-refractivity contribution in [1.29, 1.82) is 0 Å². The molecule has 0 unspecified atom stereocenters. The number of amides is 1. The van der Waals surface area contributed by atoms with Crippen molar-refractivity contribution in [2.24, 2.45) is 5.92 Å². The van der Waals surface area contributed by atoms with Crippen LogP contribution in [0.4, 0.5) is 0 Å². The van der Waals surface area contributed by atoms with Crippen LogP contribution in [0.15, 0.2) is 24.3 Å². The van der Waals surface area contributed by atoms with Crippen molar-refractivity contribution in [3.63, 3.8) is 0 Å². The van der Waals surface area contributed by atoms with Crippen molar-refractivity contribution in [3.8, 4) is 0 Å². The Morgan fingerprint density at radius 3 is 3.13 bits per heavy atom. The van der Waals surface area contributed by atoms with Gasteiger partial charge in [-0.3, -0.25) is 4.79 Å². The van der Waals surface area contributed by atoms with Crippen LogP contribution in [-0.4, -0.2) is 47.1 Å². The molecule has 0 bridgehead atoms. The van der Waals surface area contributed by atoms with E-state index in [4.69, 9.17) is 4.74 Å². The van der Waals surface area contributed by atoms with Crippen LogP contribution in [0, 0.1) is 5.92 Å². The molecule has 1 fully saturated rings. The Hall–Kier alpha value is -1.88. The van der Waals surface area contributed by atoms with Gasteiger partial charge in [0.2, 0.25) is 5.91 Å². The lowest BCUT2D eigenvalue weighted by Gasteiger charge is -2.32. The zero-order valence-electron chi connectivity index (χ0n) is 13.8. The summed E-state index contributed by atoms with van der Waals surface area (Å²) in [5, 5.41) is 0. The predicted molar refractivity (Wildman–Crippen MR) is 90.2 cm³/mol. The van der Waals surface area contributed by atoms with E-state index in [-0.39, 0.29) is 5.91 Å². The molecule has 1 atom stereocenters. The second kappa shape index (κ2) is 7.59. The molecule has 1 N–H and O–H groups in total. The molecule has 1 aromatic carbocycles. The minimum absolute atomic E-state index is 0.216. The number of hydrogen-bond donors (Lipinski definition) is 1. The highest BCUT2D eigenvalue weighted by molar-refractivity contribution is 5.76. The number of para-hydroxylation sites is 2. The number of aromatic nitrogens is 2. The van der Waals surface area contributed by atoms with Gasteiger partial charge in [0.05, 0.1) is 24.1 Å². The molecule has 0 radical (unpaired) electrons. The number of H-pyrrole nitrogens is 1. The Balaban J connectivity index is 1.56. The number of fused-ring (bicyclic) bond motifs is 1. The van der Waals surface area contributed by atoms with E-state index in [9.17, 15) is 4.79 Å². The van der Waals surface area contributed by atoms with Gasteiger partial charge in [-0.1, -0.05) is 12.1 Å². The zero-order chi connectivity index (χ0) is 16.1. The summed E-state index contributed by atoms with van der Waals surface area (Å²) in [4.78, 5) is 22.3. The summed E-state index contributed by atoms with van der Waals surface area (Å²) in [5.74, 6) is 1.73. The van der Waals surface area contributed by atoms with Crippen LogP contribution < -0.4 is 0 Å². The van der Waals surface area contributed by atoms with E-state index in [0.717, 1.165) is 49.2 Å². The van der Waals surface area contributed by atoms with Gasteiger partial charge in [-0.05, 0) is 37.8 Å². The summed E-state index contributed by atoms with van der Waals surface area (Å²) in [7, 11) is 0. The largest absolute Gasteiger partial charge is 0.381 e. The van der Waals surface area contributed by atoms with Crippen molar-refractivity contribution in [2.45, 2.75) is 32.6 Å². The van der Waals surface area contributed by atoms with E-state index < -0.39 is 0 Å². The first-order chi connectivity index (χ1) is 11.3. The van der Waals surface area contributed by atoms with Crippen LogP contribution >= 0.6 is 0 Å². The Labute approximate surface area is 137 Å². The van der Waals surface area contributed by atoms with Gasteiger partial charge in [-0.25, -0.2) is 4.98 Å². The Morgan fingerprint density at radius 2 is 2.30 bits per heavy atom. The first-order valence-corrected chi connectivity index (χ1v) is 8.55. The molecule has 3 rings (SSSR count). The fourth-order valence-corrected chi connectivity index (χ4v) is 3.30. The third-order valence-corrected chi connectivity index (χ3v) is 4.46. The first-order valence-electron chi connectivity index (χ1n) is 8.55. The van der Waals surface area contributed by atoms with Crippen LogP contribution in [0.3, 0.4) is 0 Å². The Morgan fingerprint density at radius 1 is 1.43 bits per heavy atom. The molecular weight excluding hydrogens is 290 g/mol. The third kappa shape index (κ3) is 4.10. The molecule has 23 heavy (non-hydrogen) atoms. The number of hydrogen-bond acceptors (Lipinski definition) is 3. The minimum Gasteiger partial charge on any atom is -0.381 e. The molecule has 124 valence electrons. The van der Waals surface area contributed by atoms with Crippen molar-refractivity contribution < 1.29 is 9.53 Å². The van der Waals surface area contributed by atoms with Crippen LogP contribution in [0.1, 0.15) is 32.0 Å². The van der Waals surface area contributed by atoms with E-state index in [1.807, 2.05) is 30.0 Å². The number of aromatic amines is 1. The number of rotatable bonds is 6. The number of likely N-dealkylation sites (tertiary alicyclic amines) is 1. The summed E-state index contributed by atoms with van der Waals surface area (Å²) in [6.07, 6.45) is 3.63. The van der Waals surface area contributed by atoms with Crippen LogP contribution in [-0.2, 0) is 16.0 Å². The standard InChI is InChI=1S/C18H25N3O2/c1-2-23-11-9-18(22)21-10-5-6-14(13-21)12-17-19-15-7-3-4-8-16(15)20-17/h3-4,7-8,14H,2,5-6,9-13H2,1H3,(H,19,20)/t14-/m0/s1. The first kappa shape index (κ1) is 16.0. The number of carbonyl (C=O) groups excluding carboxylic acids is 1. The molecule has 1 amide bonds. The number of piperidine rings is 1. The molecule has 1 aliphatic rings. The lowest BCUT2D eigenvalue weighted by atomic mass is 9.94. The lowest BCUT2D eigenvalue weighted by molar-refractivity contribution is -0.134. The number of nitrogens with one attached hydrogen (secondary N) is 1. The summed E-state index contributed by atoms with van der Waals surface area (Å²) >= 11 is 0. The maximum Gasteiger partial charge on any atom is 0.224 e. The smallest absolute Gasteiger partial charge is 0.224 e. The van der Waals surface area contributed by atoms with Gasteiger partial charge in [0.15, 0.2) is 0 Å². The highest BCUT2D eigenvalue weighted by Crippen LogP contribution is 2.21. The van der Waals surface area contributed by atoms with E-state index in [1.165, 1.54) is 0 Å². The lowest BCUT2D eigenvalue weighted by Crippen LogP contribution is -2.41. The molecule has 2 heterocycles. The summed E-state index contributed by atoms with van der Waals surface area (Å²) < 4.78 is 5.29. The monoisotopic (exact) mass is 315 g/mol. The van der Waals surface area contributed by atoms with E-state index >= 15 is 0 Å². The van der Waals surface area contributed by atoms with Gasteiger partial charge in [-0.15, -0.1) is 0 Å². The Kier molecular flexibility index (Phi) is 5.28. The number of benzene rings is 1. The van der Waals surface area contributed by atoms with E-state index in [0.29, 0.717) is 25.6 Å². The molecule has 1 saturated heterocycles. The number of ether oxygens (including phenoxy) is 1. The fraction of sp³-hybridized carbons (Fsp3) is 0.556. The van der Waals surface area contributed by atoms with Crippen molar-refractivity contribution in [3.05, 3.63) is 30.1 Å². The third-order valence-electron chi connectivity index (χ3n) is 4.46. The summed E-state index contributed by atoms with van der Waals surface area (Å²) in [6, 6.07) is 8.10. The van der Waals surface area contributed by atoms with E-state index in [1.54, 1.807) is 0 Å². The van der Waals surface area contributed by atoms with E-state index in [2.05, 4.69) is 16.0 Å². The van der Waals surface area contributed by atoms with Gasteiger partial charge in [0, 0.05) is 26.1 Å². The average molecular weight is 315 g/mol. The molecule has 5 nitrogen and oxygen atoms in total. The topological polar surface area (TPSA) is 58.2 Å². The maximum atomic E-state index is 12.2. The van der Waals surface area contributed by atoms with Gasteiger partial charge in [-0.2, -0.15) is 0 Å². The van der Waals surface area contributed by atoms with Crippen molar-refractivity contribution >= 4 is 16.9 Å². The second-order valence-electron chi connectivity index (χ2n) is 6.20. The highest BCUT2D eigenvalue weighted by Gasteiger charge is 2.24. The summed E-state index contributed by atoms with van der Waals surface area (Å²) in [5.41, 5.74) is 2.10. The van der Waals surface area contributed by atoms with Crippen LogP contribution in [0.2, 0.25) is 0 Å². The van der Waals surface area contributed by atoms with Gasteiger partial charge in [0.25, 0.3) is 0 Å². The SMILES string of the molecule is CCOCCC(=O)N1CCC[C@@H](Cc2nc3ccccc3[nH]2)C1. The molecule has 5 heteroatoms. The van der Waals surface area contributed by atoms with Crippen LogP contribution in [0.25, 0.3) is 11.0 Å². The van der Waals surface area contributed by atoms with Crippen molar-refractivity contribution in [1.82, 2.24) is 14.9 Å². The molecule has 0 saturated carbocycles. The number of imidazole rings is 1. The predicted octanol–water partition coefficient (Wildman–Crippen LogP) is 2.77. The van der Waals surface area contributed by atoms with Crippen molar-refractivity contribution in [2.75, 3.05) is 26.3 Å². The molecule has 1 aromatic heterocycles. The van der Waals surface area contributed by atoms with Crippen LogP contribution in [0.5, 0.6) is 0 Å². The maximum absolute atomic E-state index is 12.2. The number of carbonyl (C=O) groups is 1. The van der Waals surface area contributed by atoms with Gasteiger partial charge < -0.3 is 14.6 Å². The highest BCUT2D eigenvalue weighted by atomic mass is 16.5. The average Bonchev–Trinajstić information content (AvgIpc) is 2.97. The van der Waals surface area contributed by atoms with Gasteiger partial charge >= 0.3 is 0 Å². The number of nitrogens with zero attached hydrogens (tertiary/aromatic N) is 2. The molecule has 0 spiro atoms. The molecule has 2 aromatic rings. The molecular formula is C18H25N3O2. The Bertz CT molecular complexity index is 620. The minimum atomic E-state index is 0.216. The fourth-order valence-electron chi connectivity index (χ4n) is 3.30. The quantitative estimate of drug-likeness (QED) is 0.834.